The molecule has 6 N–H and O–H groups in total. The number of nitrogens with zero attached hydrogens (tertiary/aromatic N) is 2. The molecule has 16 nitrogen and oxygen atoms in total. The molecule has 2 saturated heterocycles. The van der Waals surface area contributed by atoms with Gasteiger partial charge < -0.3 is 41.5 Å². The van der Waals surface area contributed by atoms with E-state index in [1.54, 1.807) is 24.3 Å². The molecule has 0 aromatic heterocycles. The van der Waals surface area contributed by atoms with E-state index in [9.17, 15) is 38.4 Å². The quantitative estimate of drug-likeness (QED) is 0.110. The second kappa shape index (κ2) is 26.1. The van der Waals surface area contributed by atoms with Gasteiger partial charge in [0.15, 0.2) is 0 Å². The standard InChI is InChI=1S/C44H63N7O9/c1-8-9-10-11-12-13-14-15-16-17-18-19-20-21-24-36(52)50(7)38-32(6)60-37(53)26-25-33(39(45)54)48-40(55)30(4)46-42(57)35-23-22-27-51(35)44(59)34(28-29(2)3)49-41(56)31(5)47-43(38)58/h9-21,24,29-35,38H,8,22-23,25-28H2,1-7H3,(H2,45,54)(H,46,57)(H,47,58)(H,48,55)(H,49,56). The molecule has 60 heavy (non-hydrogen) atoms. The zero-order valence-corrected chi connectivity index (χ0v) is 35.8. The number of nitrogens with one attached hydrogen (secondary N) is 4. The van der Waals surface area contributed by atoms with Crippen molar-refractivity contribution >= 4 is 47.3 Å². The van der Waals surface area contributed by atoms with Crippen molar-refractivity contribution in [2.45, 2.75) is 122 Å². The van der Waals surface area contributed by atoms with Crippen molar-refractivity contribution in [3.05, 3.63) is 85.1 Å². The van der Waals surface area contributed by atoms with Gasteiger partial charge in [-0.15, -0.1) is 0 Å². The highest BCUT2D eigenvalue weighted by Gasteiger charge is 2.40. The van der Waals surface area contributed by atoms with Crippen LogP contribution in [0.15, 0.2) is 85.1 Å². The maximum atomic E-state index is 13.9. The number of esters is 1. The summed E-state index contributed by atoms with van der Waals surface area (Å²) in [7, 11) is 1.34. The number of carbonyl (C=O) groups is 8. The third-order valence-electron chi connectivity index (χ3n) is 9.59. The number of hydrogen-bond acceptors (Lipinski definition) is 9. The lowest BCUT2D eigenvalue weighted by atomic mass is 10.0. The van der Waals surface area contributed by atoms with Crippen LogP contribution < -0.4 is 27.0 Å². The van der Waals surface area contributed by atoms with Gasteiger partial charge in [-0.25, -0.2) is 0 Å². The first-order valence-electron chi connectivity index (χ1n) is 20.4. The molecule has 0 radical (unpaired) electrons. The summed E-state index contributed by atoms with van der Waals surface area (Å²) in [5.74, 6) is -5.88. The molecule has 2 aliphatic heterocycles. The van der Waals surface area contributed by atoms with Gasteiger partial charge in [-0.1, -0.05) is 99.8 Å². The smallest absolute Gasteiger partial charge is 0.306 e. The zero-order valence-electron chi connectivity index (χ0n) is 35.8. The van der Waals surface area contributed by atoms with Gasteiger partial charge in [-0.3, -0.25) is 38.4 Å². The summed E-state index contributed by atoms with van der Waals surface area (Å²) in [4.78, 5) is 109. The molecule has 2 rings (SSSR count). The van der Waals surface area contributed by atoms with Gasteiger partial charge in [0.05, 0.1) is 0 Å². The molecule has 7 unspecified atom stereocenters. The van der Waals surface area contributed by atoms with E-state index < -0.39 is 96.1 Å². The van der Waals surface area contributed by atoms with E-state index in [0.717, 1.165) is 11.3 Å². The van der Waals surface area contributed by atoms with Crippen LogP contribution in [0.2, 0.25) is 0 Å². The minimum atomic E-state index is -1.45. The number of allylic oxidation sites excluding steroid dienone is 13. The summed E-state index contributed by atoms with van der Waals surface area (Å²) < 4.78 is 5.57. The number of ether oxygens (including phenoxy) is 1. The minimum absolute atomic E-state index is 0.0565. The maximum Gasteiger partial charge on any atom is 0.306 e. The minimum Gasteiger partial charge on any atom is -0.460 e. The van der Waals surface area contributed by atoms with Crippen molar-refractivity contribution in [1.29, 1.82) is 0 Å². The van der Waals surface area contributed by atoms with Gasteiger partial charge in [-0.05, 0) is 58.8 Å². The van der Waals surface area contributed by atoms with Crippen LogP contribution in [0.1, 0.15) is 80.1 Å². The van der Waals surface area contributed by atoms with Crippen molar-refractivity contribution in [3.63, 3.8) is 0 Å². The molecule has 0 aromatic rings. The topological polar surface area (TPSA) is 226 Å². The molecule has 7 amide bonds. The molecule has 2 heterocycles. The lowest BCUT2D eigenvalue weighted by molar-refractivity contribution is -0.157. The molecule has 0 aliphatic carbocycles. The third kappa shape index (κ3) is 17.0. The van der Waals surface area contributed by atoms with Gasteiger partial charge >= 0.3 is 5.97 Å². The van der Waals surface area contributed by atoms with Gasteiger partial charge in [0, 0.05) is 26.1 Å². The Bertz CT molecular complexity index is 1750. The fraction of sp³-hybridized carbons (Fsp3) is 0.500. The molecule has 16 heteroatoms. The summed E-state index contributed by atoms with van der Waals surface area (Å²) >= 11 is 0. The summed E-state index contributed by atoms with van der Waals surface area (Å²) in [6.45, 7) is 10.2. The largest absolute Gasteiger partial charge is 0.460 e. The molecule has 328 valence electrons. The summed E-state index contributed by atoms with van der Waals surface area (Å²) in [5, 5.41) is 10.4. The van der Waals surface area contributed by atoms with E-state index in [1.165, 1.54) is 44.9 Å². The summed E-state index contributed by atoms with van der Waals surface area (Å²) in [6, 6.07) is -7.12. The van der Waals surface area contributed by atoms with Gasteiger partial charge in [0.25, 0.3) is 0 Å². The van der Waals surface area contributed by atoms with Crippen molar-refractivity contribution < 1.29 is 43.1 Å². The number of cyclic esters (lactones) is 1. The van der Waals surface area contributed by atoms with Crippen LogP contribution in [0.5, 0.6) is 0 Å². The number of hydrogen-bond donors (Lipinski definition) is 5. The van der Waals surface area contributed by atoms with E-state index in [-0.39, 0.29) is 25.3 Å². The Morgan fingerprint density at radius 3 is 1.85 bits per heavy atom. The van der Waals surface area contributed by atoms with Crippen LogP contribution >= 0.6 is 0 Å². The Morgan fingerprint density at radius 1 is 0.767 bits per heavy atom. The SMILES string of the molecule is CCC=CC=CC=CC=CC=CC=CC=CC(=O)N(C)C1C(=O)NC(C)C(=O)NC(CC(C)C)C(=O)N2CCCC2C(=O)NC(C)C(=O)NC(C(N)=O)CCC(=O)OC1C. The predicted molar refractivity (Wildman–Crippen MR) is 228 cm³/mol. The number of primary amides is 1. The van der Waals surface area contributed by atoms with Crippen molar-refractivity contribution in [1.82, 2.24) is 31.1 Å². The number of carbonyl (C=O) groups excluding carboxylic acids is 8. The van der Waals surface area contributed by atoms with E-state index >= 15 is 0 Å². The number of nitrogens with two attached hydrogens (primary N) is 1. The Labute approximate surface area is 353 Å². The van der Waals surface area contributed by atoms with Gasteiger partial charge in [0.2, 0.25) is 41.4 Å². The molecule has 7 atom stereocenters. The molecule has 0 aromatic carbocycles. The fourth-order valence-electron chi connectivity index (χ4n) is 6.36. The monoisotopic (exact) mass is 833 g/mol. The molecular formula is C44H63N7O9. The fourth-order valence-corrected chi connectivity index (χ4v) is 6.36. The van der Waals surface area contributed by atoms with Crippen LogP contribution in [0.4, 0.5) is 0 Å². The van der Waals surface area contributed by atoms with Crippen molar-refractivity contribution in [2.24, 2.45) is 11.7 Å². The first kappa shape index (κ1) is 50.1. The van der Waals surface area contributed by atoms with Gasteiger partial charge in [0.1, 0.15) is 42.4 Å². The van der Waals surface area contributed by atoms with E-state index in [0.29, 0.717) is 12.8 Å². The zero-order chi connectivity index (χ0) is 44.8. The van der Waals surface area contributed by atoms with Crippen molar-refractivity contribution in [3.8, 4) is 0 Å². The van der Waals surface area contributed by atoms with Gasteiger partial charge in [-0.2, -0.15) is 0 Å². The third-order valence-corrected chi connectivity index (χ3v) is 9.59. The number of likely N-dealkylation sites (N-methyl/N-ethyl adjacent to an activating group) is 1. The lowest BCUT2D eigenvalue weighted by Crippen LogP contribution is -2.59. The highest BCUT2D eigenvalue weighted by atomic mass is 16.5. The molecule has 0 spiro atoms. The Hall–Kier alpha value is -6.06. The Balaban J connectivity index is 2.37. The molecule has 0 bridgehead atoms. The first-order valence-corrected chi connectivity index (χ1v) is 20.4. The van der Waals surface area contributed by atoms with Crippen molar-refractivity contribution in [2.75, 3.05) is 13.6 Å². The number of rotatable bonds is 12. The second-order valence-electron chi connectivity index (χ2n) is 15.1. The second-order valence-corrected chi connectivity index (χ2v) is 15.1. The molecule has 2 fully saturated rings. The van der Waals surface area contributed by atoms with Crippen LogP contribution in [0.3, 0.4) is 0 Å². The summed E-state index contributed by atoms with van der Waals surface area (Å²) in [6.07, 6.45) is 25.0. The van der Waals surface area contributed by atoms with Crippen LogP contribution in [-0.4, -0.2) is 113 Å². The highest BCUT2D eigenvalue weighted by Crippen LogP contribution is 2.21. The average Bonchev–Trinajstić information content (AvgIpc) is 3.68. The normalized spacial score (nSPS) is 26.3. The van der Waals surface area contributed by atoms with Crippen LogP contribution in [-0.2, 0) is 43.1 Å². The maximum absolute atomic E-state index is 13.9. The number of amides is 7. The molecule has 0 saturated carbocycles. The first-order chi connectivity index (χ1) is 28.5. The summed E-state index contributed by atoms with van der Waals surface area (Å²) in [5.41, 5.74) is 5.53. The highest BCUT2D eigenvalue weighted by molar-refractivity contribution is 5.98. The van der Waals surface area contributed by atoms with E-state index in [4.69, 9.17) is 10.5 Å². The van der Waals surface area contributed by atoms with E-state index in [1.807, 2.05) is 56.4 Å². The Morgan fingerprint density at radius 2 is 1.30 bits per heavy atom. The average molecular weight is 834 g/mol. The predicted octanol–water partition coefficient (Wildman–Crippen LogP) is 2.34. The van der Waals surface area contributed by atoms with Crippen LogP contribution in [0.25, 0.3) is 0 Å². The molecular weight excluding hydrogens is 771 g/mol. The van der Waals surface area contributed by atoms with E-state index in [2.05, 4.69) is 34.3 Å². The lowest BCUT2D eigenvalue weighted by Gasteiger charge is -2.32. The van der Waals surface area contributed by atoms with Crippen LogP contribution in [0, 0.1) is 5.92 Å². The molecule has 2 aliphatic rings. The number of fused-ring (bicyclic) bond motifs is 1. The Kier molecular flexibility index (Phi) is 21.8.